The van der Waals surface area contributed by atoms with E-state index in [2.05, 4.69) is 22.2 Å². The van der Waals surface area contributed by atoms with E-state index in [0.29, 0.717) is 23.0 Å². The molecule has 1 amide bonds. The van der Waals surface area contributed by atoms with Crippen LogP contribution in [0.25, 0.3) is 0 Å². The van der Waals surface area contributed by atoms with Gasteiger partial charge >= 0.3 is 0 Å². The third-order valence-electron chi connectivity index (χ3n) is 3.45. The molecule has 0 aliphatic carbocycles. The fourth-order valence-corrected chi connectivity index (χ4v) is 2.09. The first-order chi connectivity index (χ1) is 10.9. The number of aromatic nitrogens is 2. The molecule has 1 heterocycles. The average Bonchev–Trinajstić information content (AvgIpc) is 2.54. The predicted octanol–water partition coefficient (Wildman–Crippen LogP) is 2.42. The molecule has 6 nitrogen and oxygen atoms in total. The maximum Gasteiger partial charge on any atom is 0.255 e. The fourth-order valence-electron chi connectivity index (χ4n) is 2.09. The van der Waals surface area contributed by atoms with E-state index in [0.717, 1.165) is 6.42 Å². The molecular weight excluding hydrogens is 290 g/mol. The van der Waals surface area contributed by atoms with Crippen LogP contribution < -0.4 is 15.1 Å². The predicted molar refractivity (Wildman–Crippen MR) is 94.5 cm³/mol. The van der Waals surface area contributed by atoms with Crippen LogP contribution in [-0.2, 0) is 6.42 Å². The van der Waals surface area contributed by atoms with Crippen LogP contribution in [0.4, 0.5) is 17.5 Å². The second-order valence-electron chi connectivity index (χ2n) is 5.70. The Morgan fingerprint density at radius 3 is 2.26 bits per heavy atom. The summed E-state index contributed by atoms with van der Waals surface area (Å²) in [4.78, 5) is 24.8. The van der Waals surface area contributed by atoms with Crippen molar-refractivity contribution in [3.05, 3.63) is 41.6 Å². The van der Waals surface area contributed by atoms with Crippen molar-refractivity contribution in [2.24, 2.45) is 0 Å². The Kier molecular flexibility index (Phi) is 5.16. The summed E-state index contributed by atoms with van der Waals surface area (Å²) in [6.07, 6.45) is 2.59. The van der Waals surface area contributed by atoms with Gasteiger partial charge in [0.2, 0.25) is 5.95 Å². The molecule has 2 aromatic rings. The van der Waals surface area contributed by atoms with Crippen LogP contribution >= 0.6 is 0 Å². The molecule has 1 aromatic heterocycles. The second-order valence-corrected chi connectivity index (χ2v) is 5.70. The van der Waals surface area contributed by atoms with E-state index in [1.165, 1.54) is 5.56 Å². The summed E-state index contributed by atoms with van der Waals surface area (Å²) in [5.74, 6) is 1.10. The highest BCUT2D eigenvalue weighted by Gasteiger charge is 2.14. The summed E-state index contributed by atoms with van der Waals surface area (Å²) >= 11 is 0. The fraction of sp³-hybridized carbons (Fsp3) is 0.353. The van der Waals surface area contributed by atoms with Crippen LogP contribution in [0, 0.1) is 0 Å². The molecule has 0 bridgehead atoms. The zero-order valence-electron chi connectivity index (χ0n) is 14.3. The van der Waals surface area contributed by atoms with E-state index in [9.17, 15) is 4.79 Å². The van der Waals surface area contributed by atoms with Crippen molar-refractivity contribution in [3.8, 4) is 0 Å². The van der Waals surface area contributed by atoms with Crippen LogP contribution in [0.15, 0.2) is 30.5 Å². The maximum atomic E-state index is 12.4. The Balaban J connectivity index is 2.25. The number of carbonyl (C=O) groups excluding carboxylic acids is 1. The lowest BCUT2D eigenvalue weighted by molar-refractivity contribution is 0.102. The molecule has 23 heavy (non-hydrogen) atoms. The minimum atomic E-state index is -0.169. The standard InChI is InChI=1S/C17H23N5O/c1-6-12-7-9-13(10-8-12)16(23)19-14-11-18-17(22(4)5)20-15(14)21(2)3/h7-11H,6H2,1-5H3,(H,19,23). The Morgan fingerprint density at radius 2 is 1.74 bits per heavy atom. The molecule has 0 fully saturated rings. The lowest BCUT2D eigenvalue weighted by Crippen LogP contribution is -2.21. The molecule has 0 aliphatic rings. The molecule has 0 saturated carbocycles. The molecule has 122 valence electrons. The van der Waals surface area contributed by atoms with Gasteiger partial charge in [-0.2, -0.15) is 4.98 Å². The summed E-state index contributed by atoms with van der Waals surface area (Å²) in [6, 6.07) is 7.60. The van der Waals surface area contributed by atoms with Gasteiger partial charge in [0.15, 0.2) is 5.82 Å². The maximum absolute atomic E-state index is 12.4. The largest absolute Gasteiger partial charge is 0.361 e. The number of carbonyl (C=O) groups is 1. The summed E-state index contributed by atoms with van der Waals surface area (Å²) < 4.78 is 0. The molecule has 0 atom stereocenters. The first-order valence-electron chi connectivity index (χ1n) is 7.54. The van der Waals surface area contributed by atoms with Gasteiger partial charge in [0, 0.05) is 33.8 Å². The number of rotatable bonds is 5. The summed E-state index contributed by atoms with van der Waals surface area (Å²) in [6.45, 7) is 2.09. The zero-order valence-corrected chi connectivity index (χ0v) is 14.3. The third-order valence-corrected chi connectivity index (χ3v) is 3.45. The monoisotopic (exact) mass is 313 g/mol. The molecule has 6 heteroatoms. The Labute approximate surface area is 137 Å². The van der Waals surface area contributed by atoms with Crippen LogP contribution in [-0.4, -0.2) is 44.1 Å². The Morgan fingerprint density at radius 1 is 1.09 bits per heavy atom. The first kappa shape index (κ1) is 16.7. The van der Waals surface area contributed by atoms with E-state index in [-0.39, 0.29) is 5.91 Å². The van der Waals surface area contributed by atoms with E-state index in [1.54, 1.807) is 6.20 Å². The van der Waals surface area contributed by atoms with Crippen LogP contribution in [0.5, 0.6) is 0 Å². The molecule has 0 saturated heterocycles. The van der Waals surface area contributed by atoms with Crippen LogP contribution in [0.3, 0.4) is 0 Å². The number of hydrogen-bond donors (Lipinski definition) is 1. The molecular formula is C17H23N5O. The summed E-state index contributed by atoms with van der Waals surface area (Å²) in [5, 5.41) is 2.89. The number of amides is 1. The van der Waals surface area contributed by atoms with Gasteiger partial charge in [0.25, 0.3) is 5.91 Å². The highest BCUT2D eigenvalue weighted by Crippen LogP contribution is 2.23. The van der Waals surface area contributed by atoms with Crippen molar-refractivity contribution in [1.82, 2.24) is 9.97 Å². The summed E-state index contributed by atoms with van der Waals surface area (Å²) in [7, 11) is 7.52. The zero-order chi connectivity index (χ0) is 17.0. The number of benzene rings is 1. The smallest absolute Gasteiger partial charge is 0.255 e. The minimum Gasteiger partial charge on any atom is -0.361 e. The van der Waals surface area contributed by atoms with Crippen molar-refractivity contribution in [1.29, 1.82) is 0 Å². The van der Waals surface area contributed by atoms with Gasteiger partial charge in [-0.25, -0.2) is 4.98 Å². The number of nitrogens with zero attached hydrogens (tertiary/aromatic N) is 4. The average molecular weight is 313 g/mol. The lowest BCUT2D eigenvalue weighted by atomic mass is 10.1. The minimum absolute atomic E-state index is 0.169. The van der Waals surface area contributed by atoms with Crippen molar-refractivity contribution >= 4 is 23.4 Å². The van der Waals surface area contributed by atoms with Crippen LogP contribution in [0.1, 0.15) is 22.8 Å². The highest BCUT2D eigenvalue weighted by molar-refractivity contribution is 6.05. The normalized spacial score (nSPS) is 10.3. The van der Waals surface area contributed by atoms with E-state index < -0.39 is 0 Å². The molecule has 1 N–H and O–H groups in total. The Bertz CT molecular complexity index is 680. The number of anilines is 3. The van der Waals surface area contributed by atoms with E-state index >= 15 is 0 Å². The number of aryl methyl sites for hydroxylation is 1. The topological polar surface area (TPSA) is 61.4 Å². The van der Waals surface area contributed by atoms with Gasteiger partial charge in [0.05, 0.1) is 6.20 Å². The molecule has 1 aromatic carbocycles. The van der Waals surface area contributed by atoms with E-state index in [4.69, 9.17) is 0 Å². The number of hydrogen-bond acceptors (Lipinski definition) is 5. The molecule has 2 rings (SSSR count). The van der Waals surface area contributed by atoms with Gasteiger partial charge in [-0.3, -0.25) is 4.79 Å². The second kappa shape index (κ2) is 7.09. The molecule has 0 spiro atoms. The SMILES string of the molecule is CCc1ccc(C(=O)Nc2cnc(N(C)C)nc2N(C)C)cc1. The van der Waals surface area contributed by atoms with Gasteiger partial charge in [-0.1, -0.05) is 19.1 Å². The van der Waals surface area contributed by atoms with Crippen molar-refractivity contribution in [2.75, 3.05) is 43.3 Å². The molecule has 0 aliphatic heterocycles. The van der Waals surface area contributed by atoms with E-state index in [1.807, 2.05) is 62.3 Å². The quantitative estimate of drug-likeness (QED) is 0.918. The number of nitrogens with one attached hydrogen (secondary N) is 1. The molecule has 0 radical (unpaired) electrons. The van der Waals surface area contributed by atoms with Crippen molar-refractivity contribution < 1.29 is 4.79 Å². The molecule has 0 unspecified atom stereocenters. The van der Waals surface area contributed by atoms with Crippen molar-refractivity contribution in [2.45, 2.75) is 13.3 Å². The van der Waals surface area contributed by atoms with Crippen LogP contribution in [0.2, 0.25) is 0 Å². The third kappa shape index (κ3) is 3.97. The highest BCUT2D eigenvalue weighted by atomic mass is 16.1. The Hall–Kier alpha value is -2.63. The lowest BCUT2D eigenvalue weighted by Gasteiger charge is -2.19. The first-order valence-corrected chi connectivity index (χ1v) is 7.54. The van der Waals surface area contributed by atoms with Gasteiger partial charge in [-0.05, 0) is 24.1 Å². The summed E-state index contributed by atoms with van der Waals surface area (Å²) in [5.41, 5.74) is 2.41. The van der Waals surface area contributed by atoms with Gasteiger partial charge < -0.3 is 15.1 Å². The van der Waals surface area contributed by atoms with Gasteiger partial charge in [0.1, 0.15) is 5.69 Å². The van der Waals surface area contributed by atoms with Gasteiger partial charge in [-0.15, -0.1) is 0 Å². The van der Waals surface area contributed by atoms with Crippen molar-refractivity contribution in [3.63, 3.8) is 0 Å².